The topological polar surface area (TPSA) is 75.3 Å². The lowest BCUT2D eigenvalue weighted by atomic mass is 10.1. The van der Waals surface area contributed by atoms with Crippen molar-refractivity contribution >= 4 is 39.1 Å². The second-order valence-corrected chi connectivity index (χ2v) is 10.4. The van der Waals surface area contributed by atoms with Crippen molar-refractivity contribution in [2.75, 3.05) is 10.0 Å². The van der Waals surface area contributed by atoms with Crippen LogP contribution in [-0.4, -0.2) is 14.3 Å². The summed E-state index contributed by atoms with van der Waals surface area (Å²) in [4.78, 5) is 14.3. The molecule has 0 unspecified atom stereocenters. The molecule has 0 saturated heterocycles. The maximum Gasteiger partial charge on any atom is 0.261 e. The molecule has 0 atom stereocenters. The quantitative estimate of drug-likeness (QED) is 0.284. The van der Waals surface area contributed by atoms with Crippen molar-refractivity contribution in [2.45, 2.75) is 22.5 Å². The Hall–Kier alpha value is -3.55. The Labute approximate surface area is 204 Å². The molecule has 34 heavy (non-hydrogen) atoms. The standard InChI is InChI=1S/C27H24N2O3S2/c1-20-25(13-8-14-26(20)29-34(31,32)24-11-6-3-7-12-24)27(30)28-22-17-15-21(16-18-22)19-33-23-9-4-2-5-10-23/h2-18,29H,19H2,1H3,(H,28,30). The summed E-state index contributed by atoms with van der Waals surface area (Å²) in [7, 11) is -3.75. The highest BCUT2D eigenvalue weighted by Crippen LogP contribution is 2.25. The molecule has 4 aromatic rings. The summed E-state index contributed by atoms with van der Waals surface area (Å²) in [5.74, 6) is 0.533. The third kappa shape index (κ3) is 5.87. The van der Waals surface area contributed by atoms with E-state index in [1.165, 1.54) is 17.0 Å². The summed E-state index contributed by atoms with van der Waals surface area (Å²) in [6, 6.07) is 31.0. The first kappa shape index (κ1) is 23.6. The lowest BCUT2D eigenvalue weighted by Gasteiger charge is -2.14. The van der Waals surface area contributed by atoms with Gasteiger partial charge in [-0.15, -0.1) is 11.8 Å². The summed E-state index contributed by atoms with van der Waals surface area (Å²) in [6.07, 6.45) is 0. The summed E-state index contributed by atoms with van der Waals surface area (Å²) in [5.41, 5.74) is 3.14. The molecule has 0 spiro atoms. The molecule has 0 aromatic heterocycles. The molecule has 1 amide bonds. The molecule has 7 heteroatoms. The minimum Gasteiger partial charge on any atom is -0.322 e. The fourth-order valence-electron chi connectivity index (χ4n) is 3.36. The first-order chi connectivity index (χ1) is 16.4. The molecule has 0 aliphatic rings. The second kappa shape index (κ2) is 10.6. The zero-order valence-corrected chi connectivity index (χ0v) is 20.2. The Morgan fingerprint density at radius 3 is 2.12 bits per heavy atom. The molecule has 172 valence electrons. The predicted octanol–water partition coefficient (Wildman–Crippen LogP) is 6.34. The SMILES string of the molecule is Cc1c(NS(=O)(=O)c2ccccc2)cccc1C(=O)Nc1ccc(CSc2ccccc2)cc1. The number of carbonyl (C=O) groups is 1. The van der Waals surface area contributed by atoms with Gasteiger partial charge in [-0.25, -0.2) is 8.42 Å². The van der Waals surface area contributed by atoms with E-state index in [1.807, 2.05) is 42.5 Å². The van der Waals surface area contributed by atoms with Crippen molar-refractivity contribution in [3.63, 3.8) is 0 Å². The van der Waals surface area contributed by atoms with Gasteiger partial charge in [0.15, 0.2) is 0 Å². The molecule has 5 nitrogen and oxygen atoms in total. The van der Waals surface area contributed by atoms with Crippen molar-refractivity contribution in [3.8, 4) is 0 Å². The molecule has 0 radical (unpaired) electrons. The zero-order chi connectivity index (χ0) is 24.0. The van der Waals surface area contributed by atoms with Crippen LogP contribution in [-0.2, 0) is 15.8 Å². The van der Waals surface area contributed by atoms with E-state index in [0.29, 0.717) is 22.5 Å². The van der Waals surface area contributed by atoms with Gasteiger partial charge in [-0.2, -0.15) is 0 Å². The van der Waals surface area contributed by atoms with E-state index in [9.17, 15) is 13.2 Å². The predicted molar refractivity (Wildman–Crippen MR) is 139 cm³/mol. The maximum absolute atomic E-state index is 12.9. The largest absolute Gasteiger partial charge is 0.322 e. The van der Waals surface area contributed by atoms with E-state index in [2.05, 4.69) is 22.2 Å². The van der Waals surface area contributed by atoms with Crippen LogP contribution in [0.2, 0.25) is 0 Å². The fourth-order valence-corrected chi connectivity index (χ4v) is 5.38. The van der Waals surface area contributed by atoms with Gasteiger partial charge in [-0.3, -0.25) is 9.52 Å². The Morgan fingerprint density at radius 2 is 1.44 bits per heavy atom. The van der Waals surface area contributed by atoms with Gasteiger partial charge in [-0.1, -0.05) is 54.6 Å². The smallest absolute Gasteiger partial charge is 0.261 e. The highest BCUT2D eigenvalue weighted by atomic mass is 32.2. The van der Waals surface area contributed by atoms with Crippen LogP contribution in [0.5, 0.6) is 0 Å². The number of hydrogen-bond donors (Lipinski definition) is 2. The lowest BCUT2D eigenvalue weighted by Crippen LogP contribution is -2.17. The number of thioether (sulfide) groups is 1. The highest BCUT2D eigenvalue weighted by molar-refractivity contribution is 7.98. The third-order valence-electron chi connectivity index (χ3n) is 5.24. The van der Waals surface area contributed by atoms with Gasteiger partial charge < -0.3 is 5.32 Å². The van der Waals surface area contributed by atoms with Gasteiger partial charge in [-0.05, 0) is 66.6 Å². The molecular formula is C27H24N2O3S2. The third-order valence-corrected chi connectivity index (χ3v) is 7.70. The Balaban J connectivity index is 1.43. The molecule has 4 rings (SSSR count). The molecule has 0 heterocycles. The number of sulfonamides is 1. The first-order valence-electron chi connectivity index (χ1n) is 10.7. The molecule has 2 N–H and O–H groups in total. The van der Waals surface area contributed by atoms with Crippen molar-refractivity contribution in [1.29, 1.82) is 0 Å². The van der Waals surface area contributed by atoms with Crippen LogP contribution in [0.15, 0.2) is 113 Å². The van der Waals surface area contributed by atoms with E-state index >= 15 is 0 Å². The van der Waals surface area contributed by atoms with Crippen LogP contribution in [0.3, 0.4) is 0 Å². The Morgan fingerprint density at radius 1 is 0.794 bits per heavy atom. The van der Waals surface area contributed by atoms with Crippen LogP contribution in [0.1, 0.15) is 21.5 Å². The summed E-state index contributed by atoms with van der Waals surface area (Å²) in [5, 5.41) is 2.90. The average molecular weight is 489 g/mol. The Kier molecular flexibility index (Phi) is 7.35. The lowest BCUT2D eigenvalue weighted by molar-refractivity contribution is 0.102. The second-order valence-electron chi connectivity index (χ2n) is 7.65. The van der Waals surface area contributed by atoms with E-state index < -0.39 is 10.0 Å². The minimum atomic E-state index is -3.75. The van der Waals surface area contributed by atoms with Crippen LogP contribution >= 0.6 is 11.8 Å². The number of benzene rings is 4. The van der Waals surface area contributed by atoms with Gasteiger partial charge in [0.1, 0.15) is 0 Å². The fraction of sp³-hybridized carbons (Fsp3) is 0.0741. The number of anilines is 2. The first-order valence-corrected chi connectivity index (χ1v) is 13.1. The molecule has 0 aliphatic heterocycles. The Bertz CT molecular complexity index is 1370. The van der Waals surface area contributed by atoms with Crippen LogP contribution in [0, 0.1) is 6.92 Å². The summed E-state index contributed by atoms with van der Waals surface area (Å²) < 4.78 is 28.0. The monoisotopic (exact) mass is 488 g/mol. The molecular weight excluding hydrogens is 464 g/mol. The van der Waals surface area contributed by atoms with Crippen LogP contribution < -0.4 is 10.0 Å². The normalized spacial score (nSPS) is 11.1. The van der Waals surface area contributed by atoms with Crippen LogP contribution in [0.25, 0.3) is 0 Å². The van der Waals surface area contributed by atoms with Gasteiger partial charge in [0, 0.05) is 21.9 Å². The van der Waals surface area contributed by atoms with Gasteiger partial charge in [0.2, 0.25) is 0 Å². The van der Waals surface area contributed by atoms with E-state index in [0.717, 1.165) is 11.3 Å². The van der Waals surface area contributed by atoms with E-state index in [-0.39, 0.29) is 10.8 Å². The van der Waals surface area contributed by atoms with Crippen LogP contribution in [0.4, 0.5) is 11.4 Å². The summed E-state index contributed by atoms with van der Waals surface area (Å²) in [6.45, 7) is 1.72. The number of hydrogen-bond acceptors (Lipinski definition) is 4. The molecule has 0 saturated carbocycles. The van der Waals surface area contributed by atoms with Crippen molar-refractivity contribution in [2.24, 2.45) is 0 Å². The molecule has 0 bridgehead atoms. The average Bonchev–Trinajstić information content (AvgIpc) is 2.86. The van der Waals surface area contributed by atoms with E-state index in [1.54, 1.807) is 55.1 Å². The zero-order valence-electron chi connectivity index (χ0n) is 18.6. The van der Waals surface area contributed by atoms with Crippen molar-refractivity contribution < 1.29 is 13.2 Å². The number of rotatable bonds is 8. The van der Waals surface area contributed by atoms with Crippen molar-refractivity contribution in [1.82, 2.24) is 0 Å². The molecule has 0 fully saturated rings. The van der Waals surface area contributed by atoms with Crippen molar-refractivity contribution in [3.05, 3.63) is 120 Å². The summed E-state index contributed by atoms with van der Waals surface area (Å²) >= 11 is 1.75. The van der Waals surface area contributed by atoms with Gasteiger partial charge in [0.05, 0.1) is 10.6 Å². The number of carbonyl (C=O) groups excluding carboxylic acids is 1. The van der Waals surface area contributed by atoms with Gasteiger partial charge >= 0.3 is 0 Å². The molecule has 0 aliphatic carbocycles. The van der Waals surface area contributed by atoms with E-state index in [4.69, 9.17) is 0 Å². The maximum atomic E-state index is 12.9. The minimum absolute atomic E-state index is 0.162. The highest BCUT2D eigenvalue weighted by Gasteiger charge is 2.18. The molecule has 4 aromatic carbocycles. The van der Waals surface area contributed by atoms with Gasteiger partial charge in [0.25, 0.3) is 15.9 Å². The number of amides is 1. The number of nitrogens with one attached hydrogen (secondary N) is 2.